The summed E-state index contributed by atoms with van der Waals surface area (Å²) in [5.41, 5.74) is 8.11. The van der Waals surface area contributed by atoms with Gasteiger partial charge in [0.1, 0.15) is 0 Å². The van der Waals surface area contributed by atoms with Gasteiger partial charge in [-0.25, -0.2) is 4.98 Å². The van der Waals surface area contributed by atoms with Gasteiger partial charge in [-0.1, -0.05) is 12.1 Å². The van der Waals surface area contributed by atoms with Gasteiger partial charge in [0.05, 0.1) is 16.8 Å². The van der Waals surface area contributed by atoms with Crippen LogP contribution in [0.5, 0.6) is 0 Å². The van der Waals surface area contributed by atoms with Gasteiger partial charge in [0.15, 0.2) is 0 Å². The lowest BCUT2D eigenvalue weighted by Crippen LogP contribution is -2.02. The molecule has 1 heterocycles. The molecule has 1 aromatic carbocycles. The molecule has 16 heavy (non-hydrogen) atoms. The highest BCUT2D eigenvalue weighted by Gasteiger charge is 2.10. The molecule has 0 bridgehead atoms. The van der Waals surface area contributed by atoms with Gasteiger partial charge in [-0.2, -0.15) is 0 Å². The van der Waals surface area contributed by atoms with Crippen LogP contribution in [0.4, 0.5) is 5.69 Å². The van der Waals surface area contributed by atoms with Crippen molar-refractivity contribution in [1.29, 1.82) is 0 Å². The van der Waals surface area contributed by atoms with Crippen molar-refractivity contribution in [3.63, 3.8) is 0 Å². The molecule has 3 nitrogen and oxygen atoms in total. The van der Waals surface area contributed by atoms with Crippen molar-refractivity contribution in [2.75, 3.05) is 5.73 Å². The molecular formula is C12H14N2OS. The normalized spacial score (nSPS) is 12.6. The number of aromatic nitrogens is 1. The molecule has 0 fully saturated rings. The SMILES string of the molecule is Cc1nc(CC(O)c2cccc(N)c2)cs1. The van der Waals surface area contributed by atoms with Crippen LogP contribution in [0.1, 0.15) is 22.4 Å². The largest absolute Gasteiger partial charge is 0.399 e. The second-order valence-corrected chi connectivity index (χ2v) is 4.81. The Balaban J connectivity index is 2.11. The number of nitrogens with two attached hydrogens (primary N) is 1. The van der Waals surface area contributed by atoms with Gasteiger partial charge in [0.25, 0.3) is 0 Å². The number of hydrogen-bond acceptors (Lipinski definition) is 4. The van der Waals surface area contributed by atoms with E-state index in [1.165, 1.54) is 0 Å². The minimum absolute atomic E-state index is 0.536. The molecule has 2 rings (SSSR count). The molecule has 2 aromatic rings. The predicted octanol–water partition coefficient (Wildman–Crippen LogP) is 2.31. The van der Waals surface area contributed by atoms with Gasteiger partial charge in [-0.15, -0.1) is 11.3 Å². The van der Waals surface area contributed by atoms with Gasteiger partial charge >= 0.3 is 0 Å². The van der Waals surface area contributed by atoms with Gasteiger partial charge < -0.3 is 10.8 Å². The summed E-state index contributed by atoms with van der Waals surface area (Å²) in [5.74, 6) is 0. The molecule has 0 saturated heterocycles. The molecule has 0 radical (unpaired) electrons. The summed E-state index contributed by atoms with van der Waals surface area (Å²) in [6.07, 6.45) is -0.00153. The average molecular weight is 234 g/mol. The van der Waals surface area contributed by atoms with Crippen molar-refractivity contribution in [1.82, 2.24) is 4.98 Å². The third-order valence-corrected chi connectivity index (χ3v) is 3.19. The highest BCUT2D eigenvalue weighted by atomic mass is 32.1. The van der Waals surface area contributed by atoms with Crippen LogP contribution >= 0.6 is 11.3 Å². The Bertz CT molecular complexity index is 481. The number of aliphatic hydroxyl groups excluding tert-OH is 1. The maximum atomic E-state index is 10.0. The zero-order valence-corrected chi connectivity index (χ0v) is 9.87. The van der Waals surface area contributed by atoms with E-state index >= 15 is 0 Å². The number of aryl methyl sites for hydroxylation is 1. The molecule has 0 aliphatic carbocycles. The fourth-order valence-corrected chi connectivity index (χ4v) is 2.21. The van der Waals surface area contributed by atoms with Gasteiger partial charge in [-0.05, 0) is 24.6 Å². The van der Waals surface area contributed by atoms with E-state index in [0.29, 0.717) is 12.1 Å². The molecule has 0 aliphatic rings. The van der Waals surface area contributed by atoms with Crippen LogP contribution < -0.4 is 5.73 Å². The van der Waals surface area contributed by atoms with Gasteiger partial charge in [0.2, 0.25) is 0 Å². The van der Waals surface area contributed by atoms with E-state index in [1.807, 2.05) is 30.5 Å². The number of rotatable bonds is 3. The molecule has 1 unspecified atom stereocenters. The van der Waals surface area contributed by atoms with Crippen molar-refractivity contribution in [2.45, 2.75) is 19.4 Å². The molecule has 1 aromatic heterocycles. The van der Waals surface area contributed by atoms with Crippen LogP contribution in [-0.4, -0.2) is 10.1 Å². The van der Waals surface area contributed by atoms with Crippen LogP contribution in [0.25, 0.3) is 0 Å². The number of anilines is 1. The minimum Gasteiger partial charge on any atom is -0.399 e. The van der Waals surface area contributed by atoms with Gasteiger partial charge in [-0.3, -0.25) is 0 Å². The second kappa shape index (κ2) is 4.63. The van der Waals surface area contributed by atoms with E-state index in [4.69, 9.17) is 5.73 Å². The summed E-state index contributed by atoms with van der Waals surface area (Å²) in [5, 5.41) is 13.0. The van der Waals surface area contributed by atoms with Crippen molar-refractivity contribution >= 4 is 17.0 Å². The first kappa shape index (κ1) is 11.1. The highest BCUT2D eigenvalue weighted by Crippen LogP contribution is 2.20. The molecule has 0 saturated carbocycles. The van der Waals surface area contributed by atoms with E-state index in [1.54, 1.807) is 17.4 Å². The third-order valence-electron chi connectivity index (χ3n) is 2.36. The van der Waals surface area contributed by atoms with E-state index in [9.17, 15) is 5.11 Å². The summed E-state index contributed by atoms with van der Waals surface area (Å²) >= 11 is 1.60. The van der Waals surface area contributed by atoms with E-state index < -0.39 is 6.10 Å². The number of hydrogen-bond donors (Lipinski definition) is 2. The topological polar surface area (TPSA) is 59.1 Å². The minimum atomic E-state index is -0.537. The number of nitrogen functional groups attached to an aromatic ring is 1. The third kappa shape index (κ3) is 2.59. The molecule has 0 amide bonds. The number of thiazole rings is 1. The summed E-state index contributed by atoms with van der Waals surface area (Å²) in [6, 6.07) is 7.33. The number of aliphatic hydroxyl groups is 1. The standard InChI is InChI=1S/C12H14N2OS/c1-8-14-11(7-16-8)6-12(15)9-3-2-4-10(13)5-9/h2-5,7,12,15H,6,13H2,1H3. The van der Waals surface area contributed by atoms with Crippen molar-refractivity contribution < 1.29 is 5.11 Å². The Morgan fingerprint density at radius 1 is 1.50 bits per heavy atom. The second-order valence-electron chi connectivity index (χ2n) is 3.75. The Morgan fingerprint density at radius 2 is 2.31 bits per heavy atom. The number of nitrogens with zero attached hydrogens (tertiary/aromatic N) is 1. The van der Waals surface area contributed by atoms with Crippen molar-refractivity contribution in [3.8, 4) is 0 Å². The van der Waals surface area contributed by atoms with E-state index in [-0.39, 0.29) is 0 Å². The summed E-state index contributed by atoms with van der Waals surface area (Å²) < 4.78 is 0. The average Bonchev–Trinajstić information content (AvgIpc) is 2.64. The van der Waals surface area contributed by atoms with E-state index in [2.05, 4.69) is 4.98 Å². The van der Waals surface area contributed by atoms with Crippen LogP contribution in [-0.2, 0) is 6.42 Å². The summed E-state index contributed by atoms with van der Waals surface area (Å²) in [7, 11) is 0. The van der Waals surface area contributed by atoms with Crippen LogP contribution in [0.2, 0.25) is 0 Å². The Morgan fingerprint density at radius 3 is 2.94 bits per heavy atom. The van der Waals surface area contributed by atoms with Crippen molar-refractivity contribution in [3.05, 3.63) is 45.9 Å². The lowest BCUT2D eigenvalue weighted by molar-refractivity contribution is 0.177. The molecule has 1 atom stereocenters. The van der Waals surface area contributed by atoms with Crippen LogP contribution in [0.15, 0.2) is 29.6 Å². The zero-order chi connectivity index (χ0) is 11.5. The smallest absolute Gasteiger partial charge is 0.0897 e. The zero-order valence-electron chi connectivity index (χ0n) is 9.05. The van der Waals surface area contributed by atoms with Gasteiger partial charge in [0, 0.05) is 17.5 Å². The lowest BCUT2D eigenvalue weighted by atomic mass is 10.0. The molecule has 0 spiro atoms. The molecule has 84 valence electrons. The number of benzene rings is 1. The molecule has 3 N–H and O–H groups in total. The van der Waals surface area contributed by atoms with Crippen LogP contribution in [0.3, 0.4) is 0 Å². The summed E-state index contributed by atoms with van der Waals surface area (Å²) in [6.45, 7) is 1.96. The quantitative estimate of drug-likeness (QED) is 0.801. The Labute approximate surface area is 98.6 Å². The first-order valence-electron chi connectivity index (χ1n) is 5.09. The molecule has 0 aliphatic heterocycles. The molecule has 4 heteroatoms. The van der Waals surface area contributed by atoms with Crippen molar-refractivity contribution in [2.24, 2.45) is 0 Å². The first-order chi connectivity index (χ1) is 7.65. The van der Waals surface area contributed by atoms with E-state index in [0.717, 1.165) is 16.3 Å². The maximum Gasteiger partial charge on any atom is 0.0897 e. The molecular weight excluding hydrogens is 220 g/mol. The monoisotopic (exact) mass is 234 g/mol. The summed E-state index contributed by atoms with van der Waals surface area (Å²) in [4.78, 5) is 4.33. The Kier molecular flexibility index (Phi) is 3.22. The fourth-order valence-electron chi connectivity index (χ4n) is 1.58. The lowest BCUT2D eigenvalue weighted by Gasteiger charge is -2.09. The first-order valence-corrected chi connectivity index (χ1v) is 5.97. The highest BCUT2D eigenvalue weighted by molar-refractivity contribution is 7.09. The predicted molar refractivity (Wildman–Crippen MR) is 66.4 cm³/mol. The van der Waals surface area contributed by atoms with Crippen LogP contribution in [0, 0.1) is 6.92 Å². The fraction of sp³-hybridized carbons (Fsp3) is 0.250. The maximum absolute atomic E-state index is 10.0. The Hall–Kier alpha value is -1.39.